The minimum atomic E-state index is -0.661. The molecule has 6 aromatic carbocycles. The lowest BCUT2D eigenvalue weighted by Gasteiger charge is -2.32. The van der Waals surface area contributed by atoms with Crippen molar-refractivity contribution in [2.75, 3.05) is 46.4 Å². The number of methoxy groups -OCH3 is 1. The van der Waals surface area contributed by atoms with Gasteiger partial charge in [-0.3, -0.25) is 42.8 Å². The molecule has 0 aliphatic carbocycles. The number of nitrogens with two attached hydrogens (primary N) is 3. The van der Waals surface area contributed by atoms with Crippen LogP contribution in [-0.4, -0.2) is 126 Å². The second-order valence-corrected chi connectivity index (χ2v) is 23.4. The van der Waals surface area contributed by atoms with E-state index in [1.165, 1.54) is 30.4 Å². The molecule has 498 valence electrons. The highest BCUT2D eigenvalue weighted by Crippen LogP contribution is 2.39. The van der Waals surface area contributed by atoms with E-state index in [4.69, 9.17) is 47.7 Å². The monoisotopic (exact) mass is 1330 g/mol. The van der Waals surface area contributed by atoms with Gasteiger partial charge in [-0.2, -0.15) is 15.3 Å². The van der Waals surface area contributed by atoms with Gasteiger partial charge in [-0.25, -0.2) is 4.39 Å². The van der Waals surface area contributed by atoms with Crippen molar-refractivity contribution in [1.82, 2.24) is 44.0 Å². The predicted molar refractivity (Wildman–Crippen MR) is 365 cm³/mol. The van der Waals surface area contributed by atoms with Crippen LogP contribution in [0.2, 0.25) is 5.02 Å². The van der Waals surface area contributed by atoms with Gasteiger partial charge < -0.3 is 50.8 Å². The molecule has 6 N–H and O–H groups in total. The van der Waals surface area contributed by atoms with Gasteiger partial charge in [0.1, 0.15) is 40.1 Å². The van der Waals surface area contributed by atoms with Gasteiger partial charge in [0.2, 0.25) is 17.7 Å². The molecule has 6 heterocycles. The number of hydrogen-bond acceptors (Lipinski definition) is 13. The molecule has 3 saturated heterocycles. The molecule has 0 radical (unpaired) electrons. The van der Waals surface area contributed by atoms with E-state index in [1.54, 1.807) is 115 Å². The fourth-order valence-electron chi connectivity index (χ4n) is 11.6. The number of rotatable bonds is 19. The molecule has 3 aromatic heterocycles. The summed E-state index contributed by atoms with van der Waals surface area (Å²) in [5, 5.41) is 14.3. The third-order valence-electron chi connectivity index (χ3n) is 16.5. The summed E-state index contributed by atoms with van der Waals surface area (Å²) in [4.78, 5) is 77.7. The molecule has 3 atom stereocenters. The van der Waals surface area contributed by atoms with Crippen molar-refractivity contribution in [2.45, 2.75) is 56.7 Å². The fraction of sp³-hybridized carbons (Fsp3) is 0.219. The van der Waals surface area contributed by atoms with Crippen molar-refractivity contribution in [1.29, 1.82) is 0 Å². The number of amides is 6. The zero-order valence-corrected chi connectivity index (χ0v) is 54.0. The van der Waals surface area contributed by atoms with E-state index in [-0.39, 0.29) is 52.9 Å². The Labute approximate surface area is 564 Å². The highest BCUT2D eigenvalue weighted by Gasteiger charge is 2.31. The van der Waals surface area contributed by atoms with Crippen LogP contribution in [0.25, 0.3) is 33.8 Å². The second-order valence-electron chi connectivity index (χ2n) is 23.0. The molecular formula is C73H72ClFN12O10. The average molecular weight is 1330 g/mol. The summed E-state index contributed by atoms with van der Waals surface area (Å²) >= 11 is 6.46. The van der Waals surface area contributed by atoms with Crippen molar-refractivity contribution >= 4 is 47.0 Å². The highest BCUT2D eigenvalue weighted by atomic mass is 35.5. The van der Waals surface area contributed by atoms with Crippen molar-refractivity contribution in [3.8, 4) is 74.0 Å². The van der Waals surface area contributed by atoms with E-state index in [0.717, 1.165) is 38.5 Å². The maximum absolute atomic E-state index is 14.8. The third kappa shape index (κ3) is 16.7. The molecule has 6 amide bonds. The number of halogens is 2. The van der Waals surface area contributed by atoms with E-state index in [1.807, 2.05) is 72.8 Å². The summed E-state index contributed by atoms with van der Waals surface area (Å²) in [5.74, 6) is 0.684. The van der Waals surface area contributed by atoms with Gasteiger partial charge in [-0.1, -0.05) is 85.9 Å². The number of nitrogens with zero attached hydrogens (tertiary/aromatic N) is 9. The Balaban J connectivity index is 0.000000158. The fourth-order valence-corrected chi connectivity index (χ4v) is 11.8. The first-order valence-electron chi connectivity index (χ1n) is 31.3. The Hall–Kier alpha value is -11.6. The van der Waals surface area contributed by atoms with Crippen LogP contribution in [0.4, 0.5) is 4.39 Å². The first-order chi connectivity index (χ1) is 46.9. The van der Waals surface area contributed by atoms with Crippen LogP contribution in [0, 0.1) is 5.82 Å². The van der Waals surface area contributed by atoms with Gasteiger partial charge in [0.15, 0.2) is 23.1 Å². The number of aromatic nitrogens is 6. The zero-order chi connectivity index (χ0) is 68.7. The van der Waals surface area contributed by atoms with E-state index < -0.39 is 23.5 Å². The summed E-state index contributed by atoms with van der Waals surface area (Å²) < 4.78 is 42.7. The Morgan fingerprint density at radius 3 is 1.13 bits per heavy atom. The SMILES string of the molecule is C=CC(=O)N1CCC[C@@H](n2cc(C(N)=O)c(-c3ccc(Oc4ccccc4)c(Cl)c3)n2)C1.C=CC(=O)N1CCC[C@@H](n2cc(C(N)=O)c(-c3ccc(Oc4ccccc4)c(F)c3)n2)C1.C=CC(=O)N1CCC[C@@H](n2cc(C(N)=O)c(-c3ccc(Oc4ccccc4)c(OC)c3)n2)C1. The molecule has 0 bridgehead atoms. The maximum atomic E-state index is 14.8. The zero-order valence-electron chi connectivity index (χ0n) is 53.3. The molecule has 22 nitrogen and oxygen atoms in total. The Bertz CT molecular complexity index is 4190. The van der Waals surface area contributed by atoms with Gasteiger partial charge in [-0.05, 0) is 148 Å². The number of piperidine rings is 3. The van der Waals surface area contributed by atoms with Crippen molar-refractivity contribution in [3.63, 3.8) is 0 Å². The molecule has 0 spiro atoms. The molecule has 3 fully saturated rings. The van der Waals surface area contributed by atoms with E-state index in [9.17, 15) is 33.2 Å². The van der Waals surface area contributed by atoms with Crippen molar-refractivity contribution in [3.05, 3.63) is 230 Å². The standard InChI is InChI=1S/C25H26N4O4.C24H23ClN4O3.C24H23FN4O3/c1-3-23(30)28-13-7-8-18(15-28)29-16-20(25(26)31)24(27-29)17-11-12-21(22(14-17)32-2)33-19-9-5-4-6-10-19;2*1-2-22(30)28-12-6-7-17(14-28)29-15-19(24(26)31)23(27-29)16-10-11-21(20(25)13-16)32-18-8-4-3-5-9-18/h3-6,9-12,14,16,18H,1,7-8,13,15H2,2H3,(H2,26,31);2*2-5,8-11,13,15,17H,1,6-7,12,14H2,(H2,26,31)/t18-;2*17-/m111/s1. The van der Waals surface area contributed by atoms with Crippen LogP contribution in [0.3, 0.4) is 0 Å². The molecule has 0 unspecified atom stereocenters. The minimum absolute atomic E-state index is 0.0583. The molecule has 0 saturated carbocycles. The van der Waals surface area contributed by atoms with E-state index in [0.29, 0.717) is 118 Å². The Kier molecular flexibility index (Phi) is 22.2. The molecule has 9 aromatic rings. The summed E-state index contributed by atoms with van der Waals surface area (Å²) in [7, 11) is 1.55. The number of benzene rings is 6. The smallest absolute Gasteiger partial charge is 0.252 e. The average Bonchev–Trinajstić information content (AvgIpc) is 1.95. The summed E-state index contributed by atoms with van der Waals surface area (Å²) in [6.45, 7) is 14.1. The number of para-hydroxylation sites is 3. The molecule has 24 heteroatoms. The first kappa shape index (κ1) is 68.3. The second kappa shape index (κ2) is 31.6. The quantitative estimate of drug-likeness (QED) is 0.0636. The van der Waals surface area contributed by atoms with Gasteiger partial charge in [0, 0.05) is 74.5 Å². The molecule has 3 aliphatic heterocycles. The van der Waals surface area contributed by atoms with Crippen LogP contribution in [0.15, 0.2) is 202 Å². The van der Waals surface area contributed by atoms with E-state index in [2.05, 4.69) is 35.0 Å². The lowest BCUT2D eigenvalue weighted by Crippen LogP contribution is -2.40. The summed E-state index contributed by atoms with van der Waals surface area (Å²) in [5.41, 5.74) is 20.6. The number of carbonyl (C=O) groups excluding carboxylic acids is 6. The topological polar surface area (TPSA) is 281 Å². The molecule has 3 aliphatic rings. The number of primary amides is 3. The normalized spacial score (nSPS) is 15.8. The Morgan fingerprint density at radius 2 is 0.794 bits per heavy atom. The third-order valence-corrected chi connectivity index (χ3v) is 16.8. The lowest BCUT2D eigenvalue weighted by molar-refractivity contribution is -0.128. The van der Waals surface area contributed by atoms with Crippen LogP contribution in [0.1, 0.15) is 87.7 Å². The molecule has 12 rings (SSSR count). The largest absolute Gasteiger partial charge is 0.493 e. The highest BCUT2D eigenvalue weighted by molar-refractivity contribution is 6.32. The van der Waals surface area contributed by atoms with Crippen LogP contribution in [0.5, 0.6) is 40.2 Å². The van der Waals surface area contributed by atoms with Crippen molar-refractivity contribution < 1.29 is 52.1 Å². The number of carbonyl (C=O) groups is 6. The first-order valence-corrected chi connectivity index (χ1v) is 31.7. The minimum Gasteiger partial charge on any atom is -0.493 e. The van der Waals surface area contributed by atoms with E-state index >= 15 is 0 Å². The maximum Gasteiger partial charge on any atom is 0.252 e. The summed E-state index contributed by atoms with van der Waals surface area (Å²) in [6.07, 6.45) is 13.7. The van der Waals surface area contributed by atoms with Crippen LogP contribution >= 0.6 is 11.6 Å². The number of ether oxygens (including phenoxy) is 4. The Morgan fingerprint density at radius 1 is 0.464 bits per heavy atom. The van der Waals surface area contributed by atoms with Gasteiger partial charge in [0.05, 0.1) is 46.9 Å². The molecule has 97 heavy (non-hydrogen) atoms. The van der Waals surface area contributed by atoms with Gasteiger partial charge in [-0.15, -0.1) is 0 Å². The van der Waals surface area contributed by atoms with Gasteiger partial charge in [0.25, 0.3) is 17.7 Å². The van der Waals surface area contributed by atoms with Gasteiger partial charge >= 0.3 is 0 Å². The number of likely N-dealkylation sites (tertiary alicyclic amines) is 3. The summed E-state index contributed by atoms with van der Waals surface area (Å²) in [6, 6.07) is 42.3. The lowest BCUT2D eigenvalue weighted by atomic mass is 10.1. The van der Waals surface area contributed by atoms with Crippen molar-refractivity contribution in [2.24, 2.45) is 17.2 Å². The number of hydrogen-bond donors (Lipinski definition) is 3. The predicted octanol–water partition coefficient (Wildman–Crippen LogP) is 12.2. The van der Waals surface area contributed by atoms with Crippen LogP contribution in [-0.2, 0) is 14.4 Å². The van der Waals surface area contributed by atoms with Crippen LogP contribution < -0.4 is 36.1 Å². The molecular weight excluding hydrogens is 1260 g/mol.